The van der Waals surface area contributed by atoms with Gasteiger partial charge in [0, 0.05) is 18.7 Å². The molecule has 1 atom stereocenters. The fourth-order valence-electron chi connectivity index (χ4n) is 2.28. The molecule has 0 bridgehead atoms. The maximum absolute atomic E-state index is 9.36. The zero-order chi connectivity index (χ0) is 16.7. The van der Waals surface area contributed by atoms with E-state index in [2.05, 4.69) is 36.5 Å². The number of nitrogens with one attached hydrogen (secondary N) is 1. The lowest BCUT2D eigenvalue weighted by Gasteiger charge is -2.16. The van der Waals surface area contributed by atoms with E-state index in [0.717, 1.165) is 16.9 Å². The molecule has 0 aromatic heterocycles. The van der Waals surface area contributed by atoms with Crippen LogP contribution >= 0.6 is 0 Å². The van der Waals surface area contributed by atoms with Crippen LogP contribution in [0.15, 0.2) is 42.5 Å². The molecular formula is C19H25NO3. The van der Waals surface area contributed by atoms with Crippen LogP contribution in [0.3, 0.4) is 0 Å². The number of methoxy groups -OCH3 is 1. The van der Waals surface area contributed by atoms with Gasteiger partial charge in [0.2, 0.25) is 0 Å². The van der Waals surface area contributed by atoms with Crippen molar-refractivity contribution >= 4 is 0 Å². The van der Waals surface area contributed by atoms with Gasteiger partial charge in [0.25, 0.3) is 0 Å². The van der Waals surface area contributed by atoms with Gasteiger partial charge >= 0.3 is 0 Å². The van der Waals surface area contributed by atoms with E-state index in [4.69, 9.17) is 9.47 Å². The Morgan fingerprint density at radius 2 is 1.87 bits per heavy atom. The van der Waals surface area contributed by atoms with Crippen molar-refractivity contribution in [3.05, 3.63) is 59.2 Å². The Morgan fingerprint density at radius 3 is 2.52 bits per heavy atom. The molecule has 0 unspecified atom stereocenters. The molecule has 0 saturated heterocycles. The molecule has 2 N–H and O–H groups in total. The number of ether oxygens (including phenoxy) is 2. The number of aryl methyl sites for hydroxylation is 1. The Labute approximate surface area is 138 Å². The van der Waals surface area contributed by atoms with E-state index in [9.17, 15) is 5.11 Å². The molecule has 0 fully saturated rings. The van der Waals surface area contributed by atoms with E-state index in [1.54, 1.807) is 14.0 Å². The maximum atomic E-state index is 9.36. The smallest absolute Gasteiger partial charge is 0.166 e. The summed E-state index contributed by atoms with van der Waals surface area (Å²) in [7, 11) is 1.64. The minimum absolute atomic E-state index is 0.377. The predicted molar refractivity (Wildman–Crippen MR) is 91.9 cm³/mol. The summed E-state index contributed by atoms with van der Waals surface area (Å²) in [6, 6.07) is 14.1. The Kier molecular flexibility index (Phi) is 6.44. The Bertz CT molecular complexity index is 609. The lowest BCUT2D eigenvalue weighted by atomic mass is 10.1. The number of hydrogen-bond donors (Lipinski definition) is 2. The van der Waals surface area contributed by atoms with Gasteiger partial charge in [-0.15, -0.1) is 0 Å². The summed E-state index contributed by atoms with van der Waals surface area (Å²) in [4.78, 5) is 0. The van der Waals surface area contributed by atoms with Crippen LogP contribution in [0.5, 0.6) is 11.5 Å². The van der Waals surface area contributed by atoms with E-state index in [-0.39, 0.29) is 6.10 Å². The molecule has 0 saturated carbocycles. The lowest BCUT2D eigenvalue weighted by Crippen LogP contribution is -2.24. The second-order valence-electron chi connectivity index (χ2n) is 5.70. The highest BCUT2D eigenvalue weighted by atomic mass is 16.5. The van der Waals surface area contributed by atoms with Crippen molar-refractivity contribution in [2.45, 2.75) is 33.1 Å². The highest BCUT2D eigenvalue weighted by Crippen LogP contribution is 2.31. The highest BCUT2D eigenvalue weighted by molar-refractivity contribution is 5.46. The van der Waals surface area contributed by atoms with Gasteiger partial charge in [-0.1, -0.05) is 42.0 Å². The van der Waals surface area contributed by atoms with Crippen molar-refractivity contribution < 1.29 is 14.6 Å². The topological polar surface area (TPSA) is 50.7 Å². The summed E-state index contributed by atoms with van der Waals surface area (Å²) in [6.07, 6.45) is -0.377. The number of hydrogen-bond acceptors (Lipinski definition) is 4. The molecule has 2 aromatic rings. The molecule has 0 aliphatic heterocycles. The zero-order valence-corrected chi connectivity index (χ0v) is 14.0. The van der Waals surface area contributed by atoms with Crippen molar-refractivity contribution in [3.63, 3.8) is 0 Å². The van der Waals surface area contributed by atoms with Gasteiger partial charge in [0.15, 0.2) is 11.5 Å². The van der Waals surface area contributed by atoms with Gasteiger partial charge in [-0.05, 0) is 25.5 Å². The van der Waals surface area contributed by atoms with Gasteiger partial charge in [-0.25, -0.2) is 0 Å². The van der Waals surface area contributed by atoms with E-state index in [0.29, 0.717) is 25.4 Å². The maximum Gasteiger partial charge on any atom is 0.166 e. The third kappa shape index (κ3) is 5.27. The van der Waals surface area contributed by atoms with Crippen LogP contribution < -0.4 is 14.8 Å². The first-order valence-corrected chi connectivity index (χ1v) is 7.83. The van der Waals surface area contributed by atoms with Crippen LogP contribution in [0, 0.1) is 6.92 Å². The standard InChI is InChI=1S/C19H25NO3/c1-14-7-9-16(10-8-14)13-23-19-17(12-20-11-15(2)21)5-4-6-18(19)22-3/h4-10,15,20-21H,11-13H2,1-3H3/t15-/m0/s1. The van der Waals surface area contributed by atoms with Crippen LogP contribution in [-0.2, 0) is 13.2 Å². The normalized spacial score (nSPS) is 12.0. The van der Waals surface area contributed by atoms with Crippen molar-refractivity contribution in [2.75, 3.05) is 13.7 Å². The van der Waals surface area contributed by atoms with E-state index >= 15 is 0 Å². The molecule has 2 rings (SSSR count). The summed E-state index contributed by atoms with van der Waals surface area (Å²) >= 11 is 0. The van der Waals surface area contributed by atoms with Crippen molar-refractivity contribution in [3.8, 4) is 11.5 Å². The van der Waals surface area contributed by atoms with Crippen molar-refractivity contribution in [2.24, 2.45) is 0 Å². The molecule has 2 aromatic carbocycles. The minimum Gasteiger partial charge on any atom is -0.493 e. The fraction of sp³-hybridized carbons (Fsp3) is 0.368. The number of benzene rings is 2. The molecule has 23 heavy (non-hydrogen) atoms. The number of aliphatic hydroxyl groups is 1. The third-order valence-electron chi connectivity index (χ3n) is 3.54. The molecule has 0 amide bonds. The van der Waals surface area contributed by atoms with Gasteiger partial charge in [0.05, 0.1) is 13.2 Å². The van der Waals surface area contributed by atoms with Gasteiger partial charge in [0.1, 0.15) is 6.61 Å². The van der Waals surface area contributed by atoms with E-state index < -0.39 is 0 Å². The summed E-state index contributed by atoms with van der Waals surface area (Å²) < 4.78 is 11.4. The first kappa shape index (κ1) is 17.3. The van der Waals surface area contributed by atoms with Crippen LogP contribution in [0.1, 0.15) is 23.6 Å². The Hall–Kier alpha value is -2.04. The van der Waals surface area contributed by atoms with Gasteiger partial charge in [-0.2, -0.15) is 0 Å². The summed E-state index contributed by atoms with van der Waals surface area (Å²) in [5.74, 6) is 1.46. The van der Waals surface area contributed by atoms with E-state index in [1.165, 1.54) is 5.56 Å². The van der Waals surface area contributed by atoms with Crippen molar-refractivity contribution in [1.29, 1.82) is 0 Å². The second-order valence-corrected chi connectivity index (χ2v) is 5.70. The Morgan fingerprint density at radius 1 is 1.13 bits per heavy atom. The summed E-state index contributed by atoms with van der Waals surface area (Å²) in [5, 5.41) is 12.6. The van der Waals surface area contributed by atoms with E-state index in [1.807, 2.05) is 18.2 Å². The lowest BCUT2D eigenvalue weighted by molar-refractivity contribution is 0.190. The predicted octanol–water partition coefficient (Wildman–Crippen LogP) is 3.05. The number of rotatable bonds is 8. The molecule has 0 radical (unpaired) electrons. The number of para-hydroxylation sites is 1. The fourth-order valence-corrected chi connectivity index (χ4v) is 2.28. The molecule has 0 aliphatic carbocycles. The molecule has 0 heterocycles. The van der Waals surface area contributed by atoms with Crippen LogP contribution in [0.25, 0.3) is 0 Å². The molecule has 124 valence electrons. The van der Waals surface area contributed by atoms with Crippen LogP contribution in [0.4, 0.5) is 0 Å². The largest absolute Gasteiger partial charge is 0.493 e. The number of aliphatic hydroxyl groups excluding tert-OH is 1. The third-order valence-corrected chi connectivity index (χ3v) is 3.54. The first-order valence-electron chi connectivity index (χ1n) is 7.83. The average molecular weight is 315 g/mol. The monoisotopic (exact) mass is 315 g/mol. The first-order chi connectivity index (χ1) is 11.1. The molecule has 0 spiro atoms. The summed E-state index contributed by atoms with van der Waals surface area (Å²) in [6.45, 7) is 5.47. The molecule has 0 aliphatic rings. The Balaban J connectivity index is 2.09. The molecule has 4 heteroatoms. The zero-order valence-electron chi connectivity index (χ0n) is 14.0. The van der Waals surface area contributed by atoms with Crippen LogP contribution in [-0.4, -0.2) is 24.9 Å². The SMILES string of the molecule is COc1cccc(CNC[C@H](C)O)c1OCc1ccc(C)cc1. The average Bonchev–Trinajstić information content (AvgIpc) is 2.54. The highest BCUT2D eigenvalue weighted by Gasteiger charge is 2.11. The second kappa shape index (κ2) is 8.56. The minimum atomic E-state index is -0.377. The quantitative estimate of drug-likeness (QED) is 0.786. The van der Waals surface area contributed by atoms with Crippen LogP contribution in [0.2, 0.25) is 0 Å². The van der Waals surface area contributed by atoms with Crippen molar-refractivity contribution in [1.82, 2.24) is 5.32 Å². The summed E-state index contributed by atoms with van der Waals surface area (Å²) in [5.41, 5.74) is 3.36. The van der Waals surface area contributed by atoms with Gasteiger partial charge in [-0.3, -0.25) is 0 Å². The molecule has 4 nitrogen and oxygen atoms in total. The molecular weight excluding hydrogens is 290 g/mol. The van der Waals surface area contributed by atoms with Gasteiger partial charge < -0.3 is 19.9 Å².